The van der Waals surface area contributed by atoms with E-state index in [1.54, 1.807) is 0 Å². The molecule has 2 saturated heterocycles. The molecule has 0 bridgehead atoms. The van der Waals surface area contributed by atoms with E-state index in [1.165, 1.54) is 12.1 Å². The number of amides is 1. The van der Waals surface area contributed by atoms with Crippen LogP contribution in [0.3, 0.4) is 0 Å². The summed E-state index contributed by atoms with van der Waals surface area (Å²) in [7, 11) is 0. The summed E-state index contributed by atoms with van der Waals surface area (Å²) in [6.45, 7) is 2.51. The van der Waals surface area contributed by atoms with Crippen molar-refractivity contribution in [2.75, 3.05) is 24.5 Å². The molecule has 5 heteroatoms. The van der Waals surface area contributed by atoms with E-state index < -0.39 is 0 Å². The fourth-order valence-corrected chi connectivity index (χ4v) is 4.95. The van der Waals surface area contributed by atoms with E-state index in [2.05, 4.69) is 9.80 Å². The number of benzene rings is 1. The van der Waals surface area contributed by atoms with Crippen LogP contribution >= 0.6 is 0 Å². The average Bonchev–Trinajstić information content (AvgIpc) is 2.93. The number of nitrogens with zero attached hydrogens (tertiary/aromatic N) is 2. The third-order valence-corrected chi connectivity index (χ3v) is 6.42. The van der Waals surface area contributed by atoms with Crippen molar-refractivity contribution in [3.63, 3.8) is 0 Å². The van der Waals surface area contributed by atoms with E-state index in [9.17, 15) is 14.3 Å². The number of halogens is 1. The highest BCUT2D eigenvalue weighted by atomic mass is 19.1. The number of aliphatic hydroxyl groups excluding tert-OH is 1. The maximum absolute atomic E-state index is 13.3. The van der Waals surface area contributed by atoms with Crippen molar-refractivity contribution >= 4 is 11.6 Å². The van der Waals surface area contributed by atoms with Crippen LogP contribution in [0.2, 0.25) is 0 Å². The maximum Gasteiger partial charge on any atom is 0.230 e. The zero-order valence-electron chi connectivity index (χ0n) is 14.7. The van der Waals surface area contributed by atoms with Gasteiger partial charge in [-0.3, -0.25) is 4.79 Å². The minimum absolute atomic E-state index is 0.188. The van der Waals surface area contributed by atoms with Gasteiger partial charge in [-0.2, -0.15) is 0 Å². The summed E-state index contributed by atoms with van der Waals surface area (Å²) >= 11 is 0. The Labute approximate surface area is 148 Å². The molecule has 0 aromatic heterocycles. The molecule has 4 nitrogen and oxygen atoms in total. The van der Waals surface area contributed by atoms with Crippen LogP contribution in [-0.4, -0.2) is 47.7 Å². The molecular formula is C20H27FN2O2. The fourth-order valence-electron chi connectivity index (χ4n) is 4.95. The van der Waals surface area contributed by atoms with Crippen molar-refractivity contribution in [1.29, 1.82) is 0 Å². The SMILES string of the molecule is O=C1N([C@H]2CC[C@H](O)CC2)CC[C@@]12CCCN(c1ccc(F)cc1)C2. The van der Waals surface area contributed by atoms with Gasteiger partial charge in [0.2, 0.25) is 5.91 Å². The third-order valence-electron chi connectivity index (χ3n) is 6.42. The van der Waals surface area contributed by atoms with Crippen molar-refractivity contribution in [3.05, 3.63) is 30.1 Å². The van der Waals surface area contributed by atoms with E-state index >= 15 is 0 Å². The van der Waals surface area contributed by atoms with Gasteiger partial charge in [0.1, 0.15) is 5.82 Å². The second-order valence-corrected chi connectivity index (χ2v) is 7.99. The highest BCUT2D eigenvalue weighted by Crippen LogP contribution is 2.43. The molecule has 1 aromatic rings. The number of aliphatic hydroxyl groups is 1. The van der Waals surface area contributed by atoms with Gasteiger partial charge in [0, 0.05) is 31.4 Å². The number of likely N-dealkylation sites (tertiary alicyclic amines) is 1. The van der Waals surface area contributed by atoms with E-state index in [0.717, 1.165) is 70.3 Å². The molecule has 1 saturated carbocycles. The normalized spacial score (nSPS) is 33.3. The van der Waals surface area contributed by atoms with Gasteiger partial charge >= 0.3 is 0 Å². The molecule has 4 rings (SSSR count). The molecule has 0 unspecified atom stereocenters. The number of hydrogen-bond donors (Lipinski definition) is 1. The first-order valence-electron chi connectivity index (χ1n) is 9.57. The zero-order valence-corrected chi connectivity index (χ0v) is 14.7. The van der Waals surface area contributed by atoms with Gasteiger partial charge in [0.05, 0.1) is 11.5 Å². The summed E-state index contributed by atoms with van der Waals surface area (Å²) in [6.07, 6.45) is 6.14. The van der Waals surface area contributed by atoms with Crippen LogP contribution in [0.4, 0.5) is 10.1 Å². The molecule has 25 heavy (non-hydrogen) atoms. The molecule has 2 heterocycles. The Morgan fingerprint density at radius 2 is 1.76 bits per heavy atom. The Morgan fingerprint density at radius 1 is 1.04 bits per heavy atom. The topological polar surface area (TPSA) is 43.8 Å². The summed E-state index contributed by atoms with van der Waals surface area (Å²) in [5.74, 6) is 0.0822. The van der Waals surface area contributed by atoms with Crippen molar-refractivity contribution in [2.24, 2.45) is 5.41 Å². The van der Waals surface area contributed by atoms with Crippen LogP contribution in [0.5, 0.6) is 0 Å². The Balaban J connectivity index is 1.48. The number of anilines is 1. The van der Waals surface area contributed by atoms with Crippen molar-refractivity contribution in [2.45, 2.75) is 57.1 Å². The minimum atomic E-state index is -0.275. The van der Waals surface area contributed by atoms with E-state index in [4.69, 9.17) is 0 Å². The summed E-state index contributed by atoms with van der Waals surface area (Å²) in [4.78, 5) is 17.6. The lowest BCUT2D eigenvalue weighted by molar-refractivity contribution is -0.139. The van der Waals surface area contributed by atoms with Crippen molar-refractivity contribution in [3.8, 4) is 0 Å². The summed E-state index contributed by atoms with van der Waals surface area (Å²) in [5, 5.41) is 9.72. The first-order chi connectivity index (χ1) is 12.1. The largest absolute Gasteiger partial charge is 0.393 e. The van der Waals surface area contributed by atoms with E-state index in [-0.39, 0.29) is 17.3 Å². The number of piperidine rings is 1. The molecule has 1 amide bonds. The van der Waals surface area contributed by atoms with Gasteiger partial charge in [-0.15, -0.1) is 0 Å². The second kappa shape index (κ2) is 6.60. The molecule has 1 N–H and O–H groups in total. The monoisotopic (exact) mass is 346 g/mol. The second-order valence-electron chi connectivity index (χ2n) is 7.99. The smallest absolute Gasteiger partial charge is 0.230 e. The average molecular weight is 346 g/mol. The van der Waals surface area contributed by atoms with Gasteiger partial charge in [-0.1, -0.05) is 0 Å². The van der Waals surface area contributed by atoms with Crippen LogP contribution in [0.25, 0.3) is 0 Å². The van der Waals surface area contributed by atoms with Crippen molar-refractivity contribution in [1.82, 2.24) is 4.90 Å². The number of carbonyl (C=O) groups is 1. The molecule has 3 aliphatic rings. The third kappa shape index (κ3) is 3.14. The minimum Gasteiger partial charge on any atom is -0.393 e. The lowest BCUT2D eigenvalue weighted by atomic mass is 9.78. The maximum atomic E-state index is 13.3. The lowest BCUT2D eigenvalue weighted by Gasteiger charge is -2.41. The molecule has 1 spiro atoms. The van der Waals surface area contributed by atoms with Crippen molar-refractivity contribution < 1.29 is 14.3 Å². The first-order valence-corrected chi connectivity index (χ1v) is 9.57. The van der Waals surface area contributed by atoms with Gasteiger partial charge in [-0.05, 0) is 69.2 Å². The fraction of sp³-hybridized carbons (Fsp3) is 0.650. The molecule has 3 fully saturated rings. The molecular weight excluding hydrogens is 319 g/mol. The van der Waals surface area contributed by atoms with Crippen LogP contribution in [-0.2, 0) is 4.79 Å². The highest BCUT2D eigenvalue weighted by molar-refractivity contribution is 5.86. The molecule has 1 aromatic carbocycles. The highest BCUT2D eigenvalue weighted by Gasteiger charge is 2.50. The van der Waals surface area contributed by atoms with Crippen LogP contribution < -0.4 is 4.90 Å². The Kier molecular flexibility index (Phi) is 4.44. The molecule has 1 aliphatic carbocycles. The van der Waals surface area contributed by atoms with Gasteiger partial charge in [0.25, 0.3) is 0 Å². The summed E-state index contributed by atoms with van der Waals surface area (Å²) in [6, 6.07) is 6.91. The predicted octanol–water partition coefficient (Wildman–Crippen LogP) is 2.95. The Hall–Kier alpha value is -1.62. The summed E-state index contributed by atoms with van der Waals surface area (Å²) < 4.78 is 13.2. The van der Waals surface area contributed by atoms with E-state index in [0.29, 0.717) is 11.9 Å². The quantitative estimate of drug-likeness (QED) is 0.895. The van der Waals surface area contributed by atoms with Crippen LogP contribution in [0.15, 0.2) is 24.3 Å². The first kappa shape index (κ1) is 16.8. The van der Waals surface area contributed by atoms with Gasteiger partial charge in [-0.25, -0.2) is 4.39 Å². The standard InChI is InChI=1S/C20H27FN2O2/c21-15-2-4-16(5-3-15)22-12-1-10-20(14-22)11-13-23(19(20)25)17-6-8-18(24)9-7-17/h2-5,17-18,24H,1,6-14H2/t17-,18-,20-/m1/s1. The lowest BCUT2D eigenvalue weighted by Crippen LogP contribution is -2.50. The molecule has 1 atom stereocenters. The zero-order chi connectivity index (χ0) is 17.4. The molecule has 0 radical (unpaired) electrons. The van der Waals surface area contributed by atoms with Gasteiger partial charge in [0.15, 0.2) is 0 Å². The van der Waals surface area contributed by atoms with Crippen LogP contribution in [0, 0.1) is 11.2 Å². The number of carbonyl (C=O) groups excluding carboxylic acids is 1. The number of hydrogen-bond acceptors (Lipinski definition) is 3. The predicted molar refractivity (Wildman–Crippen MR) is 94.9 cm³/mol. The molecule has 2 aliphatic heterocycles. The Bertz CT molecular complexity index is 627. The van der Waals surface area contributed by atoms with Crippen LogP contribution in [0.1, 0.15) is 44.9 Å². The Morgan fingerprint density at radius 3 is 2.48 bits per heavy atom. The molecule has 136 valence electrons. The summed E-state index contributed by atoms with van der Waals surface area (Å²) in [5.41, 5.74) is 0.732. The number of rotatable bonds is 2. The van der Waals surface area contributed by atoms with Gasteiger partial charge < -0.3 is 14.9 Å². The van der Waals surface area contributed by atoms with E-state index in [1.807, 2.05) is 12.1 Å².